The molecule has 0 bridgehead atoms. The molecule has 1 aromatic carbocycles. The topological polar surface area (TPSA) is 86.3 Å². The van der Waals surface area contributed by atoms with Crippen LogP contribution in [0.25, 0.3) is 0 Å². The van der Waals surface area contributed by atoms with Gasteiger partial charge >= 0.3 is 0 Å². The number of morpholine rings is 1. The summed E-state index contributed by atoms with van der Waals surface area (Å²) < 4.78 is 21.1. The zero-order chi connectivity index (χ0) is 20.0. The lowest BCUT2D eigenvalue weighted by molar-refractivity contribution is -0.138. The summed E-state index contributed by atoms with van der Waals surface area (Å²) in [6.07, 6.45) is 0. The Kier molecular flexibility index (Phi) is 7.29. The first-order valence-corrected chi connectivity index (χ1v) is 8.90. The first-order valence-electron chi connectivity index (χ1n) is 8.90. The normalized spacial score (nSPS) is 15.3. The lowest BCUT2D eigenvalue weighted by Crippen LogP contribution is -2.53. The quantitative estimate of drug-likeness (QED) is 0.768. The maximum Gasteiger partial charge on any atom is 0.252 e. The highest BCUT2D eigenvalue weighted by Crippen LogP contribution is 2.38. The fourth-order valence-corrected chi connectivity index (χ4v) is 2.93. The van der Waals surface area contributed by atoms with Gasteiger partial charge in [-0.1, -0.05) is 13.8 Å². The van der Waals surface area contributed by atoms with Crippen LogP contribution in [0.2, 0.25) is 0 Å². The highest BCUT2D eigenvalue weighted by molar-refractivity contribution is 5.98. The lowest BCUT2D eigenvalue weighted by atomic mass is 10.0. The SMILES string of the molecule is COc1cc(C(=O)N[C@H](C(=O)N2CCOCC2)C(C)C)cc(OC)c1OC. The summed E-state index contributed by atoms with van der Waals surface area (Å²) in [5.74, 6) is 0.613. The van der Waals surface area contributed by atoms with Gasteiger partial charge in [-0.25, -0.2) is 0 Å². The van der Waals surface area contributed by atoms with Crippen LogP contribution in [0.15, 0.2) is 12.1 Å². The number of carbonyl (C=O) groups excluding carboxylic acids is 2. The first kappa shape index (κ1) is 20.8. The van der Waals surface area contributed by atoms with E-state index in [0.717, 1.165) is 0 Å². The first-order chi connectivity index (χ1) is 12.9. The number of ether oxygens (including phenoxy) is 4. The third-order valence-electron chi connectivity index (χ3n) is 4.47. The van der Waals surface area contributed by atoms with E-state index >= 15 is 0 Å². The van der Waals surface area contributed by atoms with E-state index in [1.54, 1.807) is 17.0 Å². The number of hydrogen-bond acceptors (Lipinski definition) is 6. The molecule has 2 amide bonds. The summed E-state index contributed by atoms with van der Waals surface area (Å²) in [5, 5.41) is 2.85. The zero-order valence-electron chi connectivity index (χ0n) is 16.5. The van der Waals surface area contributed by atoms with Gasteiger partial charge in [-0.2, -0.15) is 0 Å². The van der Waals surface area contributed by atoms with E-state index in [0.29, 0.717) is 49.1 Å². The van der Waals surface area contributed by atoms with Crippen LogP contribution in [-0.2, 0) is 9.53 Å². The molecule has 1 saturated heterocycles. The predicted molar refractivity (Wildman–Crippen MR) is 99.6 cm³/mol. The molecule has 1 N–H and O–H groups in total. The molecule has 0 spiro atoms. The van der Waals surface area contributed by atoms with Crippen molar-refractivity contribution >= 4 is 11.8 Å². The van der Waals surface area contributed by atoms with Gasteiger partial charge < -0.3 is 29.2 Å². The average molecular weight is 380 g/mol. The summed E-state index contributed by atoms with van der Waals surface area (Å²) in [6.45, 7) is 5.88. The molecule has 0 radical (unpaired) electrons. The Bertz CT molecular complexity index is 645. The minimum absolute atomic E-state index is 0.0636. The van der Waals surface area contributed by atoms with Crippen LogP contribution >= 0.6 is 0 Å². The maximum atomic E-state index is 12.8. The lowest BCUT2D eigenvalue weighted by Gasteiger charge is -2.32. The number of benzene rings is 1. The molecule has 150 valence electrons. The molecule has 1 heterocycles. The second-order valence-corrected chi connectivity index (χ2v) is 6.55. The standard InChI is InChI=1S/C19H28N2O6/c1-12(2)16(19(23)21-6-8-27-9-7-21)20-18(22)13-10-14(24-3)17(26-5)15(11-13)25-4/h10-12,16H,6-9H2,1-5H3,(H,20,22)/t16-/m0/s1. The second-order valence-electron chi connectivity index (χ2n) is 6.55. The Morgan fingerprint density at radius 2 is 1.59 bits per heavy atom. The number of nitrogens with zero attached hydrogens (tertiary/aromatic N) is 1. The molecule has 2 rings (SSSR count). The monoisotopic (exact) mass is 380 g/mol. The van der Waals surface area contributed by atoms with Gasteiger partial charge in [0.25, 0.3) is 5.91 Å². The van der Waals surface area contributed by atoms with E-state index in [1.807, 2.05) is 13.8 Å². The van der Waals surface area contributed by atoms with E-state index in [2.05, 4.69) is 5.32 Å². The van der Waals surface area contributed by atoms with Crippen molar-refractivity contribution in [1.82, 2.24) is 10.2 Å². The number of nitrogens with one attached hydrogen (secondary N) is 1. The Morgan fingerprint density at radius 1 is 1.04 bits per heavy atom. The van der Waals surface area contributed by atoms with Crippen LogP contribution in [0.5, 0.6) is 17.2 Å². The molecule has 1 fully saturated rings. The predicted octanol–water partition coefficient (Wildman–Crippen LogP) is 1.33. The summed E-state index contributed by atoms with van der Waals surface area (Å²) in [7, 11) is 4.46. The van der Waals surface area contributed by atoms with Crippen molar-refractivity contribution in [2.75, 3.05) is 47.6 Å². The van der Waals surface area contributed by atoms with Crippen LogP contribution < -0.4 is 19.5 Å². The number of hydrogen-bond donors (Lipinski definition) is 1. The average Bonchev–Trinajstić information content (AvgIpc) is 2.70. The van der Waals surface area contributed by atoms with Crippen LogP contribution in [0, 0.1) is 5.92 Å². The van der Waals surface area contributed by atoms with Crippen LogP contribution in [-0.4, -0.2) is 70.4 Å². The van der Waals surface area contributed by atoms with Gasteiger partial charge in [-0.15, -0.1) is 0 Å². The van der Waals surface area contributed by atoms with Crippen molar-refractivity contribution in [3.8, 4) is 17.2 Å². The third kappa shape index (κ3) is 4.82. The molecule has 8 heteroatoms. The number of carbonyl (C=O) groups is 2. The zero-order valence-corrected chi connectivity index (χ0v) is 16.5. The molecule has 27 heavy (non-hydrogen) atoms. The minimum atomic E-state index is -0.630. The molecular formula is C19H28N2O6. The van der Waals surface area contributed by atoms with Crippen molar-refractivity contribution in [2.45, 2.75) is 19.9 Å². The van der Waals surface area contributed by atoms with Crippen LogP contribution in [0.4, 0.5) is 0 Å². The van der Waals surface area contributed by atoms with Crippen molar-refractivity contribution in [1.29, 1.82) is 0 Å². The molecule has 1 aliphatic rings. The fourth-order valence-electron chi connectivity index (χ4n) is 2.93. The van der Waals surface area contributed by atoms with Gasteiger partial charge in [0.05, 0.1) is 34.5 Å². The van der Waals surface area contributed by atoms with E-state index < -0.39 is 6.04 Å². The van der Waals surface area contributed by atoms with Crippen LogP contribution in [0.3, 0.4) is 0 Å². The van der Waals surface area contributed by atoms with Gasteiger partial charge in [0, 0.05) is 18.7 Å². The molecule has 1 aliphatic heterocycles. The maximum absolute atomic E-state index is 12.8. The number of methoxy groups -OCH3 is 3. The van der Waals surface area contributed by atoms with Gasteiger partial charge in [0.1, 0.15) is 6.04 Å². The van der Waals surface area contributed by atoms with Gasteiger partial charge in [0.15, 0.2) is 11.5 Å². The van der Waals surface area contributed by atoms with E-state index in [-0.39, 0.29) is 17.7 Å². The largest absolute Gasteiger partial charge is 0.493 e. The highest BCUT2D eigenvalue weighted by Gasteiger charge is 2.30. The Labute approximate surface area is 159 Å². The van der Waals surface area contributed by atoms with Gasteiger partial charge in [-0.3, -0.25) is 9.59 Å². The summed E-state index contributed by atoms with van der Waals surface area (Å²) >= 11 is 0. The molecule has 8 nitrogen and oxygen atoms in total. The second kappa shape index (κ2) is 9.45. The number of rotatable bonds is 7. The highest BCUT2D eigenvalue weighted by atomic mass is 16.5. The van der Waals surface area contributed by atoms with Gasteiger partial charge in [0.2, 0.25) is 11.7 Å². The summed E-state index contributed by atoms with van der Waals surface area (Å²) in [5.41, 5.74) is 0.324. The molecule has 0 unspecified atom stereocenters. The Hall–Kier alpha value is -2.48. The van der Waals surface area contributed by atoms with E-state index in [1.165, 1.54) is 21.3 Å². The van der Waals surface area contributed by atoms with Crippen molar-refractivity contribution < 1.29 is 28.5 Å². The smallest absolute Gasteiger partial charge is 0.252 e. The number of amides is 2. The molecule has 0 aliphatic carbocycles. The van der Waals surface area contributed by atoms with E-state index in [4.69, 9.17) is 18.9 Å². The van der Waals surface area contributed by atoms with Crippen molar-refractivity contribution in [3.63, 3.8) is 0 Å². The summed E-state index contributed by atoms with van der Waals surface area (Å²) in [4.78, 5) is 27.4. The van der Waals surface area contributed by atoms with Crippen LogP contribution in [0.1, 0.15) is 24.2 Å². The fraction of sp³-hybridized carbons (Fsp3) is 0.579. The molecule has 1 atom stereocenters. The molecule has 0 saturated carbocycles. The molecule has 1 aromatic rings. The molecular weight excluding hydrogens is 352 g/mol. The van der Waals surface area contributed by atoms with E-state index in [9.17, 15) is 9.59 Å². The van der Waals surface area contributed by atoms with Crippen molar-refractivity contribution in [3.05, 3.63) is 17.7 Å². The Morgan fingerprint density at radius 3 is 2.04 bits per heavy atom. The third-order valence-corrected chi connectivity index (χ3v) is 4.47. The summed E-state index contributed by atoms with van der Waals surface area (Å²) in [6, 6.07) is 2.50. The minimum Gasteiger partial charge on any atom is -0.493 e. The Balaban J connectivity index is 2.23. The molecule has 0 aromatic heterocycles. The van der Waals surface area contributed by atoms with Gasteiger partial charge in [-0.05, 0) is 18.1 Å². The van der Waals surface area contributed by atoms with Crippen molar-refractivity contribution in [2.24, 2.45) is 5.92 Å².